The minimum atomic E-state index is 0.0821. The molecule has 0 spiro atoms. The van der Waals surface area contributed by atoms with Crippen LogP contribution in [0.4, 0.5) is 40.2 Å². The van der Waals surface area contributed by atoms with Gasteiger partial charge in [-0.05, 0) is 148 Å². The Hall–Kier alpha value is -8.35. The number of aromatic nitrogens is 6. The number of nitrogens with zero attached hydrogens (tertiary/aromatic N) is 10. The Kier molecular flexibility index (Phi) is 19.5. The zero-order valence-electron chi connectivity index (χ0n) is 50.0. The molecule has 6 heterocycles. The van der Waals surface area contributed by atoms with Gasteiger partial charge >= 0.3 is 0 Å². The third-order valence-electron chi connectivity index (χ3n) is 14.4. The summed E-state index contributed by atoms with van der Waals surface area (Å²) in [5, 5.41) is 36.3. The van der Waals surface area contributed by atoms with Gasteiger partial charge in [-0.15, -0.1) is 0 Å². The number of benzene rings is 4. The van der Waals surface area contributed by atoms with E-state index >= 15 is 0 Å². The van der Waals surface area contributed by atoms with Crippen LogP contribution in [0, 0.1) is 50.4 Å². The average Bonchev–Trinajstić information content (AvgIpc) is 2.59. The quantitative estimate of drug-likeness (QED) is 0.0566. The molecule has 4 aromatic heterocycles. The first kappa shape index (κ1) is 60.7. The molecule has 432 valence electrons. The highest BCUT2D eigenvalue weighted by atomic mass is 35.5. The van der Waals surface area contributed by atoms with E-state index in [0.717, 1.165) is 130 Å². The molecule has 0 saturated carbocycles. The predicted molar refractivity (Wildman–Crippen MR) is 337 cm³/mol. The summed E-state index contributed by atoms with van der Waals surface area (Å²) < 4.78 is 10.4. The van der Waals surface area contributed by atoms with Gasteiger partial charge in [-0.3, -0.25) is 0 Å². The van der Waals surface area contributed by atoms with Crippen molar-refractivity contribution in [3.63, 3.8) is 0 Å². The van der Waals surface area contributed by atoms with Gasteiger partial charge in [0.1, 0.15) is 34.2 Å². The van der Waals surface area contributed by atoms with E-state index in [-0.39, 0.29) is 11.1 Å². The average molecular weight is 1140 g/mol. The Labute approximate surface area is 494 Å². The summed E-state index contributed by atoms with van der Waals surface area (Å²) in [5.74, 6) is 2.90. The predicted octanol–water partition coefficient (Wildman–Crippen LogP) is 12.8. The number of ether oxygens (including phenoxy) is 2. The van der Waals surface area contributed by atoms with E-state index in [1.165, 1.54) is 0 Å². The zero-order chi connectivity index (χ0) is 59.6. The molecule has 2 fully saturated rings. The lowest BCUT2D eigenvalue weighted by molar-refractivity contribution is 0.317. The summed E-state index contributed by atoms with van der Waals surface area (Å²) in [6.45, 7) is 24.7. The van der Waals surface area contributed by atoms with Crippen molar-refractivity contribution in [2.45, 2.75) is 125 Å². The van der Waals surface area contributed by atoms with Crippen molar-refractivity contribution in [3.05, 3.63) is 147 Å². The number of nitrogen functional groups attached to an aromatic ring is 1. The fraction of sp³-hybridized carbons (Fsp3) is 0.385. The summed E-state index contributed by atoms with van der Waals surface area (Å²) in [6.07, 6.45) is 4.76. The zero-order valence-corrected chi connectivity index (χ0v) is 50.8. The highest BCUT2D eigenvalue weighted by Crippen LogP contribution is 2.38. The number of para-hydroxylation sites is 2. The van der Waals surface area contributed by atoms with E-state index in [2.05, 4.69) is 135 Å². The van der Waals surface area contributed by atoms with Crippen LogP contribution >= 0.6 is 11.6 Å². The number of aryl methyl sites for hydroxylation is 4. The van der Waals surface area contributed by atoms with Crippen molar-refractivity contribution in [1.29, 1.82) is 10.5 Å². The van der Waals surface area contributed by atoms with E-state index in [9.17, 15) is 10.5 Å². The van der Waals surface area contributed by atoms with Crippen LogP contribution in [0.1, 0.15) is 112 Å². The van der Waals surface area contributed by atoms with Crippen LogP contribution in [0.2, 0.25) is 5.15 Å². The molecule has 2 saturated heterocycles. The molecule has 0 unspecified atom stereocenters. The van der Waals surface area contributed by atoms with Crippen LogP contribution in [-0.2, 0) is 6.42 Å². The summed E-state index contributed by atoms with van der Waals surface area (Å²) in [7, 11) is 3.20. The molecule has 0 atom stereocenters. The Balaban J connectivity index is 0.000000180. The first-order valence-corrected chi connectivity index (χ1v) is 28.6. The molecule has 18 heteroatoms. The van der Waals surface area contributed by atoms with E-state index in [1.54, 1.807) is 20.3 Å². The smallest absolute Gasteiger partial charge is 0.230 e. The van der Waals surface area contributed by atoms with Gasteiger partial charge in [-0.1, -0.05) is 60.1 Å². The number of pyridine rings is 2. The number of nitrogens with one attached hydrogen (secondary N) is 4. The molecule has 10 rings (SSSR count). The van der Waals surface area contributed by atoms with E-state index < -0.39 is 0 Å². The molecule has 17 nitrogen and oxygen atoms in total. The molecule has 0 amide bonds. The minimum Gasteiger partial charge on any atom is -0.481 e. The van der Waals surface area contributed by atoms with E-state index in [1.807, 2.05) is 93.6 Å². The number of hydrogen-bond donors (Lipinski definition) is 5. The Morgan fingerprint density at radius 3 is 1.67 bits per heavy atom. The van der Waals surface area contributed by atoms with Gasteiger partial charge in [0.25, 0.3) is 0 Å². The molecule has 0 radical (unpaired) electrons. The molecular formula is C65H78ClN15O2. The van der Waals surface area contributed by atoms with Gasteiger partial charge in [0.15, 0.2) is 5.82 Å². The maximum absolute atomic E-state index is 10.4. The highest BCUT2D eigenvalue weighted by molar-refractivity contribution is 6.31. The molecule has 83 heavy (non-hydrogen) atoms. The van der Waals surface area contributed by atoms with Gasteiger partial charge in [-0.25, -0.2) is 19.9 Å². The van der Waals surface area contributed by atoms with Crippen LogP contribution in [0.15, 0.2) is 97.1 Å². The first-order valence-electron chi connectivity index (χ1n) is 28.2. The third-order valence-corrected chi connectivity index (χ3v) is 14.7. The number of methoxy groups -OCH3 is 2. The molecule has 0 aliphatic carbocycles. The van der Waals surface area contributed by atoms with Gasteiger partial charge < -0.3 is 46.3 Å². The Morgan fingerprint density at radius 2 is 1.13 bits per heavy atom. The maximum Gasteiger partial charge on any atom is 0.230 e. The molecule has 8 aromatic rings. The number of anilines is 7. The van der Waals surface area contributed by atoms with Crippen molar-refractivity contribution in [2.75, 3.05) is 66.6 Å². The van der Waals surface area contributed by atoms with Crippen molar-refractivity contribution >= 4 is 73.6 Å². The first-order chi connectivity index (χ1) is 39.6. The minimum absolute atomic E-state index is 0.0821. The monoisotopic (exact) mass is 1140 g/mol. The topological polar surface area (TPSA) is 224 Å². The van der Waals surface area contributed by atoms with Crippen LogP contribution in [-0.4, -0.2) is 93.5 Å². The number of nitriles is 2. The normalized spacial score (nSPS) is 14.0. The largest absolute Gasteiger partial charge is 0.481 e. The molecule has 2 aliphatic heterocycles. The SMILES string of the molecule is CC(C)(C)NC1CCN(c2c(C#N)c(Cl)nc3ccccc23)CC1.COc1cc(C)nc(Cc2ccc(Nc3nc4ccccc4c(N4CCC(NC(C)(C)C)CC4)c3C#N)cc2C)n1.COc1cc(C)nc(Nc2cc(N)ccc2C)n1. The Morgan fingerprint density at radius 1 is 0.602 bits per heavy atom. The number of hydrogen-bond acceptors (Lipinski definition) is 17. The second-order valence-corrected chi connectivity index (χ2v) is 23.7. The van der Waals surface area contributed by atoms with Gasteiger partial charge in [0, 0.05) is 107 Å². The highest BCUT2D eigenvalue weighted by Gasteiger charge is 2.29. The van der Waals surface area contributed by atoms with E-state index in [4.69, 9.17) is 31.8 Å². The third kappa shape index (κ3) is 16.0. The standard InChI is InChI=1S/C33H39N7O.C19H23ClN4.C13H16N4O/c1-21-17-25(12-11-23(21)19-29-35-22(2)18-30(38-29)41-6)36-32-27(20-34)31(26-9-7-8-10-28(26)37-32)40-15-13-24(14-16-40)39-33(3,4)5;1-19(2,3)23-13-8-10-24(11-9-13)17-14-6-4-5-7-16(14)22-18(20)15(17)12-21;1-8-4-5-10(14)7-11(8)16-13-15-9(2)6-12(17-13)18-3/h7-12,17-18,24,39H,13-16,19H2,1-6H3,(H,36,37);4-7,13,23H,8-11H2,1-3H3;4-7H,14H2,1-3H3,(H,15,16,17). The van der Waals surface area contributed by atoms with Crippen LogP contribution < -0.4 is 46.3 Å². The molecular weight excluding hydrogens is 1060 g/mol. The lowest BCUT2D eigenvalue weighted by Crippen LogP contribution is -2.49. The van der Waals surface area contributed by atoms with Crippen LogP contribution in [0.5, 0.6) is 11.8 Å². The summed E-state index contributed by atoms with van der Waals surface area (Å²) in [5.41, 5.74) is 18.1. The molecule has 4 aromatic carbocycles. The van der Waals surface area contributed by atoms with E-state index in [0.29, 0.717) is 64.0 Å². The van der Waals surface area contributed by atoms with Crippen molar-refractivity contribution < 1.29 is 9.47 Å². The summed E-state index contributed by atoms with van der Waals surface area (Å²) >= 11 is 6.27. The number of piperidine rings is 2. The lowest BCUT2D eigenvalue weighted by Gasteiger charge is -2.38. The summed E-state index contributed by atoms with van der Waals surface area (Å²) in [4.78, 5) is 31.5. The number of rotatable bonds is 12. The number of halogens is 1. The fourth-order valence-corrected chi connectivity index (χ4v) is 10.9. The van der Waals surface area contributed by atoms with Crippen molar-refractivity contribution in [1.82, 2.24) is 40.5 Å². The second kappa shape index (κ2) is 26.7. The summed E-state index contributed by atoms with van der Waals surface area (Å²) in [6, 6.07) is 37.2. The second-order valence-electron chi connectivity index (χ2n) is 23.4. The van der Waals surface area contributed by atoms with Gasteiger partial charge in [0.2, 0.25) is 17.7 Å². The van der Waals surface area contributed by atoms with Crippen LogP contribution in [0.25, 0.3) is 21.8 Å². The van der Waals surface area contributed by atoms with Gasteiger partial charge in [0.05, 0.1) is 36.6 Å². The molecule has 2 aliphatic rings. The van der Waals surface area contributed by atoms with Crippen LogP contribution in [0.3, 0.4) is 0 Å². The molecule has 6 N–H and O–H groups in total. The fourth-order valence-electron chi connectivity index (χ4n) is 10.7. The van der Waals surface area contributed by atoms with Gasteiger partial charge in [-0.2, -0.15) is 20.5 Å². The number of fused-ring (bicyclic) bond motifs is 2. The Bertz CT molecular complexity index is 3660. The lowest BCUT2D eigenvalue weighted by atomic mass is 9.98. The molecule has 0 bridgehead atoms. The number of nitrogens with two attached hydrogens (primary N) is 1. The van der Waals surface area contributed by atoms with Crippen molar-refractivity contribution in [2.24, 2.45) is 0 Å². The maximum atomic E-state index is 10.4. The van der Waals surface area contributed by atoms with Crippen molar-refractivity contribution in [3.8, 4) is 23.9 Å².